The van der Waals surface area contributed by atoms with Crippen LogP contribution in [-0.2, 0) is 0 Å². The maximum atomic E-state index is 8.59. The fourth-order valence-corrected chi connectivity index (χ4v) is 1.81. The van der Waals surface area contributed by atoms with Gasteiger partial charge in [0.1, 0.15) is 0 Å². The van der Waals surface area contributed by atoms with Gasteiger partial charge >= 0.3 is 0 Å². The highest BCUT2D eigenvalue weighted by atomic mass is 16.4. The number of anilines is 1. The molecular weight excluding hydrogens is 214 g/mol. The fourth-order valence-electron chi connectivity index (χ4n) is 1.81. The summed E-state index contributed by atoms with van der Waals surface area (Å²) in [6.07, 6.45) is 1.11. The molecule has 1 aromatic carbocycles. The number of benzene rings is 1. The SMILES string of the molecule is CCCN(c1ccc(/C(N)=N/O)cc1)C(C)C. The topological polar surface area (TPSA) is 61.8 Å². The van der Waals surface area contributed by atoms with Crippen molar-refractivity contribution in [3.05, 3.63) is 29.8 Å². The van der Waals surface area contributed by atoms with Gasteiger partial charge in [-0.3, -0.25) is 0 Å². The highest BCUT2D eigenvalue weighted by molar-refractivity contribution is 5.97. The molecule has 0 saturated heterocycles. The Hall–Kier alpha value is -1.71. The van der Waals surface area contributed by atoms with Crippen molar-refractivity contribution >= 4 is 11.5 Å². The van der Waals surface area contributed by atoms with Crippen LogP contribution in [0.4, 0.5) is 5.69 Å². The Kier molecular flexibility index (Phi) is 4.82. The van der Waals surface area contributed by atoms with Crippen LogP contribution >= 0.6 is 0 Å². The largest absolute Gasteiger partial charge is 0.409 e. The molecule has 0 bridgehead atoms. The molecule has 0 aliphatic rings. The number of nitrogens with zero attached hydrogens (tertiary/aromatic N) is 2. The Morgan fingerprint density at radius 1 is 1.35 bits per heavy atom. The molecule has 1 rings (SSSR count). The van der Waals surface area contributed by atoms with Gasteiger partial charge in [0, 0.05) is 23.8 Å². The summed E-state index contributed by atoms with van der Waals surface area (Å²) in [5, 5.41) is 11.6. The molecule has 0 fully saturated rings. The van der Waals surface area contributed by atoms with E-state index in [-0.39, 0.29) is 5.84 Å². The molecule has 1 aromatic rings. The van der Waals surface area contributed by atoms with Crippen molar-refractivity contribution in [1.82, 2.24) is 0 Å². The minimum Gasteiger partial charge on any atom is -0.409 e. The third kappa shape index (κ3) is 3.37. The van der Waals surface area contributed by atoms with Crippen LogP contribution in [0.25, 0.3) is 0 Å². The zero-order valence-corrected chi connectivity index (χ0v) is 10.7. The number of hydrogen-bond acceptors (Lipinski definition) is 3. The first-order valence-electron chi connectivity index (χ1n) is 5.94. The van der Waals surface area contributed by atoms with Crippen molar-refractivity contribution in [3.63, 3.8) is 0 Å². The Morgan fingerprint density at radius 2 is 1.94 bits per heavy atom. The Balaban J connectivity index is 2.92. The van der Waals surface area contributed by atoms with Crippen LogP contribution in [0.1, 0.15) is 32.8 Å². The van der Waals surface area contributed by atoms with E-state index in [0.717, 1.165) is 24.2 Å². The van der Waals surface area contributed by atoms with Gasteiger partial charge in [0.05, 0.1) is 0 Å². The van der Waals surface area contributed by atoms with Crippen molar-refractivity contribution in [1.29, 1.82) is 0 Å². The molecule has 0 spiro atoms. The zero-order chi connectivity index (χ0) is 12.8. The molecule has 0 aliphatic heterocycles. The highest BCUT2D eigenvalue weighted by Gasteiger charge is 2.09. The van der Waals surface area contributed by atoms with Gasteiger partial charge in [0.15, 0.2) is 5.84 Å². The van der Waals surface area contributed by atoms with Crippen molar-refractivity contribution in [2.75, 3.05) is 11.4 Å². The van der Waals surface area contributed by atoms with Crippen LogP contribution in [-0.4, -0.2) is 23.6 Å². The quantitative estimate of drug-likeness (QED) is 0.356. The second-order valence-electron chi connectivity index (χ2n) is 4.32. The summed E-state index contributed by atoms with van der Waals surface area (Å²) in [5.74, 6) is 0.142. The molecule has 3 N–H and O–H groups in total. The Bertz CT molecular complexity index is 371. The predicted octanol–water partition coefficient (Wildman–Crippen LogP) is 2.41. The fraction of sp³-hybridized carbons (Fsp3) is 0.462. The first-order valence-corrected chi connectivity index (χ1v) is 5.94. The maximum absolute atomic E-state index is 8.59. The molecule has 94 valence electrons. The van der Waals surface area contributed by atoms with E-state index < -0.39 is 0 Å². The van der Waals surface area contributed by atoms with Gasteiger partial charge in [0.25, 0.3) is 0 Å². The van der Waals surface area contributed by atoms with Crippen molar-refractivity contribution in [2.24, 2.45) is 10.9 Å². The van der Waals surface area contributed by atoms with Crippen LogP contribution in [0.2, 0.25) is 0 Å². The number of oxime groups is 1. The molecule has 4 nitrogen and oxygen atoms in total. The van der Waals surface area contributed by atoms with Gasteiger partial charge in [-0.25, -0.2) is 0 Å². The molecule has 0 saturated carbocycles. The molecule has 0 atom stereocenters. The normalized spacial score (nSPS) is 11.9. The summed E-state index contributed by atoms with van der Waals surface area (Å²) >= 11 is 0. The van der Waals surface area contributed by atoms with E-state index in [2.05, 4.69) is 30.8 Å². The molecule has 0 heterocycles. The summed E-state index contributed by atoms with van der Waals surface area (Å²) < 4.78 is 0. The smallest absolute Gasteiger partial charge is 0.170 e. The van der Waals surface area contributed by atoms with Crippen LogP contribution in [0.3, 0.4) is 0 Å². The van der Waals surface area contributed by atoms with Gasteiger partial charge in [-0.05, 0) is 44.5 Å². The lowest BCUT2D eigenvalue weighted by atomic mass is 10.1. The summed E-state index contributed by atoms with van der Waals surface area (Å²) in [6.45, 7) is 7.54. The van der Waals surface area contributed by atoms with E-state index in [1.54, 1.807) is 0 Å². The average molecular weight is 235 g/mol. The molecule has 4 heteroatoms. The highest BCUT2D eigenvalue weighted by Crippen LogP contribution is 2.18. The summed E-state index contributed by atoms with van der Waals surface area (Å²) in [4.78, 5) is 2.33. The molecule has 0 aliphatic carbocycles. The average Bonchev–Trinajstić information content (AvgIpc) is 2.35. The standard InChI is InChI=1S/C13H21N3O/c1-4-9-16(10(2)3)12-7-5-11(6-8-12)13(14)15-17/h5-8,10,17H,4,9H2,1-3H3,(H2,14,15). The summed E-state index contributed by atoms with van der Waals surface area (Å²) in [6, 6.07) is 8.21. The van der Waals surface area contributed by atoms with Crippen molar-refractivity contribution in [3.8, 4) is 0 Å². The van der Waals surface area contributed by atoms with E-state index >= 15 is 0 Å². The molecule has 17 heavy (non-hydrogen) atoms. The molecule has 0 aromatic heterocycles. The lowest BCUT2D eigenvalue weighted by molar-refractivity contribution is 0.318. The number of nitrogens with two attached hydrogens (primary N) is 1. The van der Waals surface area contributed by atoms with E-state index in [4.69, 9.17) is 10.9 Å². The van der Waals surface area contributed by atoms with E-state index in [0.29, 0.717) is 6.04 Å². The Morgan fingerprint density at radius 3 is 2.35 bits per heavy atom. The van der Waals surface area contributed by atoms with E-state index in [9.17, 15) is 0 Å². The van der Waals surface area contributed by atoms with Crippen molar-refractivity contribution in [2.45, 2.75) is 33.2 Å². The van der Waals surface area contributed by atoms with Crippen molar-refractivity contribution < 1.29 is 5.21 Å². The van der Waals surface area contributed by atoms with Gasteiger partial charge in [-0.1, -0.05) is 12.1 Å². The lowest BCUT2D eigenvalue weighted by Gasteiger charge is -2.28. The van der Waals surface area contributed by atoms with Crippen LogP contribution in [0.5, 0.6) is 0 Å². The predicted molar refractivity (Wildman–Crippen MR) is 71.7 cm³/mol. The molecule has 0 unspecified atom stereocenters. The zero-order valence-electron chi connectivity index (χ0n) is 10.7. The third-order valence-corrected chi connectivity index (χ3v) is 2.69. The number of amidine groups is 1. The van der Waals surface area contributed by atoms with E-state index in [1.165, 1.54) is 0 Å². The van der Waals surface area contributed by atoms with Gasteiger partial charge in [0.2, 0.25) is 0 Å². The minimum atomic E-state index is 0.142. The number of hydrogen-bond donors (Lipinski definition) is 2. The van der Waals surface area contributed by atoms with Crippen LogP contribution < -0.4 is 10.6 Å². The van der Waals surface area contributed by atoms with E-state index in [1.807, 2.05) is 24.3 Å². The second-order valence-corrected chi connectivity index (χ2v) is 4.32. The van der Waals surface area contributed by atoms with Gasteiger partial charge in [-0.15, -0.1) is 0 Å². The maximum Gasteiger partial charge on any atom is 0.170 e. The molecule has 0 amide bonds. The van der Waals surface area contributed by atoms with Crippen LogP contribution in [0.15, 0.2) is 29.4 Å². The minimum absolute atomic E-state index is 0.142. The van der Waals surface area contributed by atoms with Gasteiger partial charge < -0.3 is 15.8 Å². The summed E-state index contributed by atoms with van der Waals surface area (Å²) in [7, 11) is 0. The third-order valence-electron chi connectivity index (χ3n) is 2.69. The van der Waals surface area contributed by atoms with Gasteiger partial charge in [-0.2, -0.15) is 0 Å². The molecular formula is C13H21N3O. The first kappa shape index (κ1) is 13.4. The monoisotopic (exact) mass is 235 g/mol. The number of rotatable bonds is 5. The first-order chi connectivity index (χ1) is 8.10. The lowest BCUT2D eigenvalue weighted by Crippen LogP contribution is -2.31. The van der Waals surface area contributed by atoms with Crippen LogP contribution in [0, 0.1) is 0 Å². The summed E-state index contributed by atoms with van der Waals surface area (Å²) in [5.41, 5.74) is 7.42. The Labute approximate surface area is 103 Å². The molecule has 0 radical (unpaired) electrons. The second kappa shape index (κ2) is 6.13.